The molecule has 10 aromatic carbocycles. The number of rotatable bonds is 7. The van der Waals surface area contributed by atoms with Crippen LogP contribution in [0.5, 0.6) is 0 Å². The first-order valence-electron chi connectivity index (χ1n) is 19.8. The highest BCUT2D eigenvalue weighted by atomic mass is 16.3. The van der Waals surface area contributed by atoms with Gasteiger partial charge in [-0.15, -0.1) is 0 Å². The zero-order valence-electron chi connectivity index (χ0n) is 31.7. The minimum atomic E-state index is 0.844. The molecule has 11 rings (SSSR count). The molecule has 0 aliphatic heterocycles. The van der Waals surface area contributed by atoms with E-state index < -0.39 is 0 Å². The number of hydrogen-bond donors (Lipinski definition) is 0. The number of benzene rings is 10. The van der Waals surface area contributed by atoms with Gasteiger partial charge in [0.15, 0.2) is 0 Å². The smallest absolute Gasteiger partial charge is 0.138 e. The zero-order valence-corrected chi connectivity index (χ0v) is 31.7. The van der Waals surface area contributed by atoms with Gasteiger partial charge in [-0.3, -0.25) is 0 Å². The number of anilines is 3. The minimum absolute atomic E-state index is 0.844. The SMILES string of the molecule is c1ccc(-c2ccc(N(c3ccc4ccccc4c3)c3cc(-c4cc(-c5ccccc5)cc(-c5ccccc5)c4)c4c(c3)oc3ccc5ccccc5c34)cc2)cc1. The van der Waals surface area contributed by atoms with Crippen molar-refractivity contribution in [2.24, 2.45) is 0 Å². The Bertz CT molecular complexity index is 3200. The Morgan fingerprint density at radius 2 is 0.793 bits per heavy atom. The average Bonchev–Trinajstić information content (AvgIpc) is 3.69. The minimum Gasteiger partial charge on any atom is -0.456 e. The Morgan fingerprint density at radius 3 is 1.47 bits per heavy atom. The predicted molar refractivity (Wildman–Crippen MR) is 245 cm³/mol. The molecule has 0 amide bonds. The summed E-state index contributed by atoms with van der Waals surface area (Å²) in [5.74, 6) is 0. The lowest BCUT2D eigenvalue weighted by molar-refractivity contribution is 0.669. The summed E-state index contributed by atoms with van der Waals surface area (Å²) in [6, 6.07) is 80.7. The van der Waals surface area contributed by atoms with Crippen molar-refractivity contribution in [3.05, 3.63) is 224 Å². The normalized spacial score (nSPS) is 11.4. The van der Waals surface area contributed by atoms with Gasteiger partial charge in [-0.1, -0.05) is 164 Å². The van der Waals surface area contributed by atoms with Crippen LogP contribution in [0, 0.1) is 0 Å². The predicted octanol–water partition coefficient (Wildman–Crippen LogP) is 16.0. The van der Waals surface area contributed by atoms with Crippen molar-refractivity contribution in [2.75, 3.05) is 4.90 Å². The Labute approximate surface area is 337 Å². The van der Waals surface area contributed by atoms with E-state index in [1.165, 1.54) is 43.8 Å². The average molecular weight is 740 g/mol. The highest BCUT2D eigenvalue weighted by molar-refractivity contribution is 6.23. The van der Waals surface area contributed by atoms with Gasteiger partial charge < -0.3 is 9.32 Å². The summed E-state index contributed by atoms with van der Waals surface area (Å²) in [7, 11) is 0. The number of nitrogens with zero attached hydrogens (tertiary/aromatic N) is 1. The van der Waals surface area contributed by atoms with Gasteiger partial charge in [0.05, 0.1) is 5.69 Å². The molecule has 0 aliphatic rings. The maximum Gasteiger partial charge on any atom is 0.138 e. The summed E-state index contributed by atoms with van der Waals surface area (Å²) < 4.78 is 6.94. The molecule has 272 valence electrons. The topological polar surface area (TPSA) is 16.4 Å². The van der Waals surface area contributed by atoms with E-state index in [4.69, 9.17) is 4.42 Å². The van der Waals surface area contributed by atoms with Crippen molar-refractivity contribution in [1.29, 1.82) is 0 Å². The van der Waals surface area contributed by atoms with Crippen LogP contribution in [0.15, 0.2) is 229 Å². The molecule has 0 N–H and O–H groups in total. The van der Waals surface area contributed by atoms with Crippen LogP contribution in [0.4, 0.5) is 17.1 Å². The summed E-state index contributed by atoms with van der Waals surface area (Å²) in [6.07, 6.45) is 0. The molecule has 0 unspecified atom stereocenters. The van der Waals surface area contributed by atoms with Crippen molar-refractivity contribution < 1.29 is 4.42 Å². The molecule has 0 bridgehead atoms. The summed E-state index contributed by atoms with van der Waals surface area (Å²) >= 11 is 0. The molecule has 0 saturated carbocycles. The molecule has 0 spiro atoms. The van der Waals surface area contributed by atoms with E-state index in [1.54, 1.807) is 0 Å². The fourth-order valence-corrected chi connectivity index (χ4v) is 8.58. The van der Waals surface area contributed by atoms with Crippen molar-refractivity contribution >= 4 is 60.5 Å². The third-order valence-electron chi connectivity index (χ3n) is 11.4. The van der Waals surface area contributed by atoms with Gasteiger partial charge in [0, 0.05) is 28.2 Å². The molecule has 2 nitrogen and oxygen atoms in total. The molecule has 0 atom stereocenters. The number of furan rings is 1. The molecular formula is C56H37NO. The molecule has 1 aromatic heterocycles. The van der Waals surface area contributed by atoms with Crippen LogP contribution in [0.25, 0.3) is 88.0 Å². The number of hydrogen-bond acceptors (Lipinski definition) is 2. The van der Waals surface area contributed by atoms with E-state index in [9.17, 15) is 0 Å². The monoisotopic (exact) mass is 739 g/mol. The molecule has 1 heterocycles. The standard InChI is InChI=1S/C56H37NO/c1-4-14-38(15-5-1)42-24-28-48(29-25-42)57(49-30-26-41-20-10-11-22-44(41)35-49)50-36-52(56-54(37-50)58-53-31-27-43-21-12-13-23-51(43)55(53)56)47-33-45(39-16-6-2-7-17-39)32-46(34-47)40-18-8-3-9-19-40/h1-37H. The highest BCUT2D eigenvalue weighted by Gasteiger charge is 2.22. The highest BCUT2D eigenvalue weighted by Crippen LogP contribution is 2.47. The van der Waals surface area contributed by atoms with Crippen LogP contribution in [0.1, 0.15) is 0 Å². The molecule has 11 aromatic rings. The Kier molecular flexibility index (Phi) is 8.19. The first kappa shape index (κ1) is 33.6. The van der Waals surface area contributed by atoms with Gasteiger partial charge in [-0.25, -0.2) is 0 Å². The fraction of sp³-hybridized carbons (Fsp3) is 0. The van der Waals surface area contributed by atoms with Crippen LogP contribution in [0.2, 0.25) is 0 Å². The lowest BCUT2D eigenvalue weighted by Gasteiger charge is -2.27. The molecular weight excluding hydrogens is 703 g/mol. The van der Waals surface area contributed by atoms with Crippen molar-refractivity contribution in [1.82, 2.24) is 0 Å². The second-order valence-electron chi connectivity index (χ2n) is 14.9. The van der Waals surface area contributed by atoms with Gasteiger partial charge in [0.2, 0.25) is 0 Å². The first-order valence-corrected chi connectivity index (χ1v) is 19.8. The van der Waals surface area contributed by atoms with E-state index in [2.05, 4.69) is 229 Å². The Morgan fingerprint density at radius 1 is 0.276 bits per heavy atom. The molecule has 2 heteroatoms. The second-order valence-corrected chi connectivity index (χ2v) is 14.9. The fourth-order valence-electron chi connectivity index (χ4n) is 8.58. The Balaban J connectivity index is 1.21. The van der Waals surface area contributed by atoms with Gasteiger partial charge in [0.25, 0.3) is 0 Å². The van der Waals surface area contributed by atoms with Crippen molar-refractivity contribution in [2.45, 2.75) is 0 Å². The van der Waals surface area contributed by atoms with E-state index in [0.29, 0.717) is 0 Å². The molecule has 58 heavy (non-hydrogen) atoms. The third-order valence-corrected chi connectivity index (χ3v) is 11.4. The maximum absolute atomic E-state index is 6.94. The summed E-state index contributed by atoms with van der Waals surface area (Å²) in [4.78, 5) is 2.37. The lowest BCUT2D eigenvalue weighted by atomic mass is 9.90. The Hall–Kier alpha value is -7.68. The molecule has 0 aliphatic carbocycles. The van der Waals surface area contributed by atoms with Crippen LogP contribution < -0.4 is 4.90 Å². The quantitative estimate of drug-likeness (QED) is 0.162. The summed E-state index contributed by atoms with van der Waals surface area (Å²) in [5.41, 5.74) is 14.1. The van der Waals surface area contributed by atoms with Crippen molar-refractivity contribution in [3.8, 4) is 44.5 Å². The van der Waals surface area contributed by atoms with Crippen LogP contribution in [0.3, 0.4) is 0 Å². The molecule has 0 radical (unpaired) electrons. The second kappa shape index (κ2) is 14.1. The maximum atomic E-state index is 6.94. The third kappa shape index (κ3) is 6.00. The van der Waals surface area contributed by atoms with Crippen LogP contribution in [-0.2, 0) is 0 Å². The van der Waals surface area contributed by atoms with Crippen LogP contribution >= 0.6 is 0 Å². The van der Waals surface area contributed by atoms with Gasteiger partial charge in [-0.05, 0) is 121 Å². The van der Waals surface area contributed by atoms with Crippen LogP contribution in [-0.4, -0.2) is 0 Å². The lowest BCUT2D eigenvalue weighted by Crippen LogP contribution is -2.10. The zero-order chi connectivity index (χ0) is 38.4. The van der Waals surface area contributed by atoms with E-state index in [-0.39, 0.29) is 0 Å². The van der Waals surface area contributed by atoms with Gasteiger partial charge >= 0.3 is 0 Å². The van der Waals surface area contributed by atoms with Gasteiger partial charge in [-0.2, -0.15) is 0 Å². The van der Waals surface area contributed by atoms with E-state index >= 15 is 0 Å². The number of fused-ring (bicyclic) bond motifs is 6. The summed E-state index contributed by atoms with van der Waals surface area (Å²) in [6.45, 7) is 0. The summed E-state index contributed by atoms with van der Waals surface area (Å²) in [5, 5.41) is 7.00. The van der Waals surface area contributed by atoms with Gasteiger partial charge in [0.1, 0.15) is 11.2 Å². The van der Waals surface area contributed by atoms with Crippen molar-refractivity contribution in [3.63, 3.8) is 0 Å². The first-order chi connectivity index (χ1) is 28.7. The largest absolute Gasteiger partial charge is 0.456 e. The molecule has 0 saturated heterocycles. The van der Waals surface area contributed by atoms with E-state index in [0.717, 1.165) is 61.3 Å². The van der Waals surface area contributed by atoms with E-state index in [1.807, 2.05) is 0 Å². The molecule has 0 fully saturated rings.